The molecule has 22 heavy (non-hydrogen) atoms. The Hall–Kier alpha value is -2.22. The van der Waals surface area contributed by atoms with Gasteiger partial charge in [-0.3, -0.25) is 10.6 Å². The summed E-state index contributed by atoms with van der Waals surface area (Å²) in [5.41, 5.74) is 2.27. The smallest absolute Gasteiger partial charge is 0.255 e. The van der Waals surface area contributed by atoms with Gasteiger partial charge in [0.15, 0.2) is 0 Å². The Labute approximate surface area is 128 Å². The van der Waals surface area contributed by atoms with Crippen molar-refractivity contribution in [1.82, 2.24) is 9.73 Å². The van der Waals surface area contributed by atoms with Crippen LogP contribution < -0.4 is 10.7 Å². The van der Waals surface area contributed by atoms with Crippen LogP contribution in [0.4, 0.5) is 0 Å². The number of benzene rings is 2. The van der Waals surface area contributed by atoms with Gasteiger partial charge < -0.3 is 4.90 Å². The van der Waals surface area contributed by atoms with Crippen molar-refractivity contribution >= 4 is 15.9 Å². The van der Waals surface area contributed by atoms with Crippen LogP contribution in [0, 0.1) is 0 Å². The molecule has 6 nitrogen and oxygen atoms in total. The fourth-order valence-corrected chi connectivity index (χ4v) is 3.42. The maximum Gasteiger partial charge on any atom is 0.255 e. The zero-order chi connectivity index (χ0) is 15.7. The fraction of sp³-hybridized carbons (Fsp3) is 0.133. The third-order valence-electron chi connectivity index (χ3n) is 3.69. The molecule has 0 atom stereocenters. The van der Waals surface area contributed by atoms with Crippen LogP contribution in [0.25, 0.3) is 0 Å². The lowest BCUT2D eigenvalue weighted by Gasteiger charge is -2.17. The zero-order valence-electron chi connectivity index (χ0n) is 11.7. The number of hydrazine groups is 1. The minimum Gasteiger partial charge on any atom is -0.330 e. The van der Waals surface area contributed by atoms with Gasteiger partial charge in [0.05, 0.1) is 10.5 Å². The SMILES string of the molecule is NNS(=O)(=O)c1ccccc1C(=O)N1Cc2ccccc2C1. The predicted octanol–water partition coefficient (Wildman–Crippen LogP) is 0.995. The molecule has 0 fully saturated rings. The van der Waals surface area contributed by atoms with Crippen LogP contribution in [0.3, 0.4) is 0 Å². The molecule has 0 aliphatic carbocycles. The van der Waals surface area contributed by atoms with Crippen LogP contribution in [0.15, 0.2) is 53.4 Å². The summed E-state index contributed by atoms with van der Waals surface area (Å²) in [5, 5.41) is 0. The van der Waals surface area contributed by atoms with Gasteiger partial charge in [0.1, 0.15) is 0 Å². The molecule has 0 bridgehead atoms. The second kappa shape index (κ2) is 5.53. The minimum atomic E-state index is -3.89. The Kier molecular flexibility index (Phi) is 3.69. The van der Waals surface area contributed by atoms with E-state index in [-0.39, 0.29) is 16.4 Å². The Balaban J connectivity index is 1.95. The molecule has 0 radical (unpaired) electrons. The lowest BCUT2D eigenvalue weighted by atomic mass is 10.1. The number of carbonyl (C=O) groups excluding carboxylic acids is 1. The Morgan fingerprint density at radius 2 is 1.55 bits per heavy atom. The maximum absolute atomic E-state index is 12.7. The summed E-state index contributed by atoms with van der Waals surface area (Å²) < 4.78 is 23.9. The first kappa shape index (κ1) is 14.7. The molecular weight excluding hydrogens is 302 g/mol. The molecule has 3 rings (SSSR count). The second-order valence-corrected chi connectivity index (χ2v) is 6.73. The number of carbonyl (C=O) groups is 1. The van der Waals surface area contributed by atoms with Crippen molar-refractivity contribution in [3.8, 4) is 0 Å². The summed E-state index contributed by atoms with van der Waals surface area (Å²) in [6, 6.07) is 13.8. The standard InChI is InChI=1S/C15H15N3O3S/c16-17-22(20,21)14-8-4-3-7-13(14)15(19)18-9-11-5-1-2-6-12(11)10-18/h1-8,17H,9-10,16H2. The third kappa shape index (κ3) is 2.50. The molecule has 2 aromatic rings. The van der Waals surface area contributed by atoms with Crippen LogP contribution in [0.2, 0.25) is 0 Å². The minimum absolute atomic E-state index is 0.113. The van der Waals surface area contributed by atoms with Crippen LogP contribution in [0.1, 0.15) is 21.5 Å². The highest BCUT2D eigenvalue weighted by Crippen LogP contribution is 2.25. The second-order valence-electron chi connectivity index (χ2n) is 5.05. The molecule has 0 aromatic heterocycles. The number of hydrogen-bond donors (Lipinski definition) is 2. The van der Waals surface area contributed by atoms with Gasteiger partial charge in [-0.25, -0.2) is 8.42 Å². The molecule has 1 aliphatic rings. The molecule has 1 aliphatic heterocycles. The summed E-state index contributed by atoms with van der Waals surface area (Å²) in [6.45, 7) is 0.943. The number of nitrogens with two attached hydrogens (primary N) is 1. The van der Waals surface area contributed by atoms with Crippen LogP contribution >= 0.6 is 0 Å². The van der Waals surface area contributed by atoms with Crippen molar-refractivity contribution in [1.29, 1.82) is 0 Å². The molecule has 0 spiro atoms. The van der Waals surface area contributed by atoms with E-state index in [0.29, 0.717) is 13.1 Å². The Bertz CT molecular complexity index is 808. The van der Waals surface area contributed by atoms with Crippen molar-refractivity contribution in [2.24, 2.45) is 5.84 Å². The van der Waals surface area contributed by atoms with E-state index in [9.17, 15) is 13.2 Å². The monoisotopic (exact) mass is 317 g/mol. The van der Waals surface area contributed by atoms with E-state index < -0.39 is 10.0 Å². The van der Waals surface area contributed by atoms with Gasteiger partial charge in [-0.2, -0.15) is 4.83 Å². The summed E-state index contributed by atoms with van der Waals surface area (Å²) in [4.78, 5) is 16.0. The number of nitrogens with zero attached hydrogens (tertiary/aromatic N) is 1. The highest BCUT2D eigenvalue weighted by atomic mass is 32.2. The molecule has 7 heteroatoms. The fourth-order valence-electron chi connectivity index (χ4n) is 2.59. The van der Waals surface area contributed by atoms with Crippen LogP contribution in [0.5, 0.6) is 0 Å². The Morgan fingerprint density at radius 3 is 2.14 bits per heavy atom. The van der Waals surface area contributed by atoms with Gasteiger partial charge in [-0.15, -0.1) is 0 Å². The molecule has 0 saturated carbocycles. The van der Waals surface area contributed by atoms with Gasteiger partial charge in [-0.1, -0.05) is 36.4 Å². The van der Waals surface area contributed by atoms with E-state index in [1.165, 1.54) is 12.1 Å². The quantitative estimate of drug-likeness (QED) is 0.652. The van der Waals surface area contributed by atoms with Crippen molar-refractivity contribution in [3.63, 3.8) is 0 Å². The van der Waals surface area contributed by atoms with Gasteiger partial charge in [0.2, 0.25) is 0 Å². The van der Waals surface area contributed by atoms with E-state index in [4.69, 9.17) is 5.84 Å². The van der Waals surface area contributed by atoms with Crippen LogP contribution in [-0.2, 0) is 23.1 Å². The Morgan fingerprint density at radius 1 is 1.00 bits per heavy atom. The number of amides is 1. The number of rotatable bonds is 3. The maximum atomic E-state index is 12.7. The van der Waals surface area contributed by atoms with Crippen molar-refractivity contribution in [3.05, 3.63) is 65.2 Å². The molecule has 0 saturated heterocycles. The highest BCUT2D eigenvalue weighted by Gasteiger charge is 2.28. The first-order valence-corrected chi connectivity index (χ1v) is 8.19. The lowest BCUT2D eigenvalue weighted by Crippen LogP contribution is -2.33. The van der Waals surface area contributed by atoms with Gasteiger partial charge >= 0.3 is 0 Å². The average molecular weight is 317 g/mol. The number of fused-ring (bicyclic) bond motifs is 1. The first-order chi connectivity index (χ1) is 10.5. The topological polar surface area (TPSA) is 92.5 Å². The van der Waals surface area contributed by atoms with Gasteiger partial charge in [0.25, 0.3) is 15.9 Å². The summed E-state index contributed by atoms with van der Waals surface area (Å²) >= 11 is 0. The van der Waals surface area contributed by atoms with Gasteiger partial charge in [0, 0.05) is 13.1 Å². The molecule has 1 amide bonds. The molecular formula is C15H15N3O3S. The van der Waals surface area contributed by atoms with E-state index >= 15 is 0 Å². The predicted molar refractivity (Wildman–Crippen MR) is 81.0 cm³/mol. The number of sulfonamides is 1. The molecule has 114 valence electrons. The normalized spacial score (nSPS) is 14.0. The van der Waals surface area contributed by atoms with E-state index in [2.05, 4.69) is 0 Å². The van der Waals surface area contributed by atoms with Crippen LogP contribution in [-0.4, -0.2) is 19.2 Å². The molecule has 2 aromatic carbocycles. The highest BCUT2D eigenvalue weighted by molar-refractivity contribution is 7.89. The number of nitrogens with one attached hydrogen (secondary N) is 1. The van der Waals surface area contributed by atoms with E-state index in [1.54, 1.807) is 21.9 Å². The van der Waals surface area contributed by atoms with Crippen molar-refractivity contribution in [2.45, 2.75) is 18.0 Å². The lowest BCUT2D eigenvalue weighted by molar-refractivity contribution is 0.0747. The van der Waals surface area contributed by atoms with Crippen molar-refractivity contribution < 1.29 is 13.2 Å². The zero-order valence-corrected chi connectivity index (χ0v) is 12.5. The largest absolute Gasteiger partial charge is 0.330 e. The average Bonchev–Trinajstić information content (AvgIpc) is 2.98. The first-order valence-electron chi connectivity index (χ1n) is 6.70. The number of hydrogen-bond acceptors (Lipinski definition) is 4. The summed E-state index contributed by atoms with van der Waals surface area (Å²) in [5.74, 6) is 4.74. The summed E-state index contributed by atoms with van der Waals surface area (Å²) in [7, 11) is -3.89. The molecule has 3 N–H and O–H groups in total. The van der Waals surface area contributed by atoms with E-state index in [1.807, 2.05) is 24.3 Å². The third-order valence-corrected chi connectivity index (χ3v) is 4.94. The van der Waals surface area contributed by atoms with Crippen molar-refractivity contribution in [2.75, 3.05) is 0 Å². The summed E-state index contributed by atoms with van der Waals surface area (Å²) in [6.07, 6.45) is 0. The molecule has 1 heterocycles. The van der Waals surface area contributed by atoms with Gasteiger partial charge in [-0.05, 0) is 23.3 Å². The van der Waals surface area contributed by atoms with E-state index in [0.717, 1.165) is 11.1 Å². The molecule has 0 unspecified atom stereocenters.